The Morgan fingerprint density at radius 1 is 1.53 bits per heavy atom. The minimum Gasteiger partial charge on any atom is -0.504 e. The standard InChI is InChI=1S/C13H18N2O3S/c1-8(2)15(7-12(14)19)13(17)9-4-5-11(18-3)10(16)6-9/h4-6,8,16H,7H2,1-3H3,(H2,14,19). The molecule has 0 aliphatic rings. The van der Waals surface area contributed by atoms with Gasteiger partial charge in [-0.05, 0) is 32.0 Å². The Hall–Kier alpha value is -1.82. The molecule has 5 nitrogen and oxygen atoms in total. The number of benzene rings is 1. The van der Waals surface area contributed by atoms with Crippen LogP contribution < -0.4 is 10.5 Å². The number of carbonyl (C=O) groups excluding carboxylic acids is 1. The zero-order valence-corrected chi connectivity index (χ0v) is 12.0. The van der Waals surface area contributed by atoms with Crippen molar-refractivity contribution in [2.24, 2.45) is 5.73 Å². The smallest absolute Gasteiger partial charge is 0.254 e. The van der Waals surface area contributed by atoms with E-state index in [2.05, 4.69) is 0 Å². The van der Waals surface area contributed by atoms with Crippen molar-refractivity contribution in [1.82, 2.24) is 4.90 Å². The summed E-state index contributed by atoms with van der Waals surface area (Å²) in [4.78, 5) is 14.1. The highest BCUT2D eigenvalue weighted by atomic mass is 32.1. The number of hydrogen-bond acceptors (Lipinski definition) is 4. The molecule has 1 aromatic carbocycles. The third-order valence-electron chi connectivity index (χ3n) is 2.64. The fraction of sp³-hybridized carbons (Fsp3) is 0.385. The Kier molecular flexibility index (Phi) is 5.11. The van der Waals surface area contributed by atoms with Crippen molar-refractivity contribution in [2.45, 2.75) is 19.9 Å². The van der Waals surface area contributed by atoms with E-state index in [1.807, 2.05) is 13.8 Å². The third kappa shape index (κ3) is 3.82. The van der Waals surface area contributed by atoms with Gasteiger partial charge in [0.2, 0.25) is 0 Å². The molecule has 0 aliphatic heterocycles. The number of amides is 1. The molecule has 0 aliphatic carbocycles. The summed E-state index contributed by atoms with van der Waals surface area (Å²) in [6, 6.07) is 4.46. The second-order valence-electron chi connectivity index (χ2n) is 4.38. The average Bonchev–Trinajstić information content (AvgIpc) is 2.34. The van der Waals surface area contributed by atoms with Crippen LogP contribution in [-0.2, 0) is 0 Å². The van der Waals surface area contributed by atoms with Crippen molar-refractivity contribution >= 4 is 23.1 Å². The van der Waals surface area contributed by atoms with Crippen molar-refractivity contribution in [3.63, 3.8) is 0 Å². The van der Waals surface area contributed by atoms with Crippen LogP contribution in [0.5, 0.6) is 11.5 Å². The maximum Gasteiger partial charge on any atom is 0.254 e. The summed E-state index contributed by atoms with van der Waals surface area (Å²) in [5, 5.41) is 9.70. The fourth-order valence-corrected chi connectivity index (χ4v) is 1.78. The Bertz CT molecular complexity index is 489. The lowest BCUT2D eigenvalue weighted by atomic mass is 10.1. The van der Waals surface area contributed by atoms with Crippen LogP contribution in [0, 0.1) is 0 Å². The van der Waals surface area contributed by atoms with Crippen molar-refractivity contribution in [3.8, 4) is 11.5 Å². The molecule has 104 valence electrons. The molecule has 19 heavy (non-hydrogen) atoms. The third-order valence-corrected chi connectivity index (χ3v) is 2.77. The van der Waals surface area contributed by atoms with Crippen LogP contribution in [0.15, 0.2) is 18.2 Å². The van der Waals surface area contributed by atoms with Crippen LogP contribution >= 0.6 is 12.2 Å². The van der Waals surface area contributed by atoms with Crippen LogP contribution in [-0.4, -0.2) is 40.6 Å². The Labute approximate surface area is 118 Å². The Morgan fingerprint density at radius 2 is 2.16 bits per heavy atom. The van der Waals surface area contributed by atoms with Gasteiger partial charge in [0.1, 0.15) is 0 Å². The lowest BCUT2D eigenvalue weighted by Crippen LogP contribution is -2.42. The molecule has 1 amide bonds. The SMILES string of the molecule is COc1ccc(C(=O)N(CC(N)=S)C(C)C)cc1O. The molecule has 0 aromatic heterocycles. The van der Waals surface area contributed by atoms with E-state index in [0.29, 0.717) is 11.3 Å². The predicted octanol–water partition coefficient (Wildman–Crippen LogP) is 1.54. The number of nitrogens with two attached hydrogens (primary N) is 1. The molecule has 0 bridgehead atoms. The summed E-state index contributed by atoms with van der Waals surface area (Å²) in [5.74, 6) is 0.00938. The normalized spacial score (nSPS) is 10.3. The minimum atomic E-state index is -0.235. The summed E-state index contributed by atoms with van der Waals surface area (Å²) in [7, 11) is 1.45. The van der Waals surface area contributed by atoms with Crippen LogP contribution in [0.1, 0.15) is 24.2 Å². The molecule has 6 heteroatoms. The molecular formula is C13H18N2O3S. The highest BCUT2D eigenvalue weighted by Gasteiger charge is 2.20. The van der Waals surface area contributed by atoms with Crippen LogP contribution in [0.2, 0.25) is 0 Å². The van der Waals surface area contributed by atoms with Crippen molar-refractivity contribution in [2.75, 3.05) is 13.7 Å². The van der Waals surface area contributed by atoms with Gasteiger partial charge in [0.05, 0.1) is 18.6 Å². The summed E-state index contributed by atoms with van der Waals surface area (Å²) in [6.45, 7) is 3.96. The lowest BCUT2D eigenvalue weighted by Gasteiger charge is -2.26. The number of aromatic hydroxyl groups is 1. The van der Waals surface area contributed by atoms with Crippen LogP contribution in [0.3, 0.4) is 0 Å². The Balaban J connectivity index is 3.03. The molecule has 0 saturated heterocycles. The highest BCUT2D eigenvalue weighted by molar-refractivity contribution is 7.80. The number of rotatable bonds is 5. The van der Waals surface area contributed by atoms with Gasteiger partial charge < -0.3 is 20.5 Å². The molecule has 0 saturated carbocycles. The van der Waals surface area contributed by atoms with Gasteiger partial charge in [-0.15, -0.1) is 0 Å². The highest BCUT2D eigenvalue weighted by Crippen LogP contribution is 2.26. The van der Waals surface area contributed by atoms with Gasteiger partial charge in [-0.3, -0.25) is 4.79 Å². The topological polar surface area (TPSA) is 75.8 Å². The number of thiocarbonyl (C=S) groups is 1. The molecule has 0 spiro atoms. The van der Waals surface area contributed by atoms with Crippen LogP contribution in [0.25, 0.3) is 0 Å². The van der Waals surface area contributed by atoms with Gasteiger partial charge in [-0.25, -0.2) is 0 Å². The maximum atomic E-state index is 12.3. The predicted molar refractivity (Wildman–Crippen MR) is 77.6 cm³/mol. The molecule has 0 heterocycles. The van der Waals surface area contributed by atoms with E-state index in [4.69, 9.17) is 22.7 Å². The van der Waals surface area contributed by atoms with Crippen LogP contribution in [0.4, 0.5) is 0 Å². The number of phenols is 1. The van der Waals surface area contributed by atoms with E-state index in [1.54, 1.807) is 17.0 Å². The molecule has 0 unspecified atom stereocenters. The molecule has 1 rings (SSSR count). The Morgan fingerprint density at radius 3 is 2.58 bits per heavy atom. The largest absolute Gasteiger partial charge is 0.504 e. The number of methoxy groups -OCH3 is 1. The van der Waals surface area contributed by atoms with Gasteiger partial charge in [0.25, 0.3) is 5.91 Å². The van der Waals surface area contributed by atoms with Gasteiger partial charge >= 0.3 is 0 Å². The van der Waals surface area contributed by atoms with Gasteiger partial charge in [0.15, 0.2) is 11.5 Å². The van der Waals surface area contributed by atoms with E-state index in [-0.39, 0.29) is 29.2 Å². The quantitative estimate of drug-likeness (QED) is 0.801. The molecule has 3 N–H and O–H groups in total. The van der Waals surface area contributed by atoms with Crippen molar-refractivity contribution in [3.05, 3.63) is 23.8 Å². The number of nitrogens with zero attached hydrogens (tertiary/aromatic N) is 1. The maximum absolute atomic E-state index is 12.3. The van der Waals surface area contributed by atoms with Crippen molar-refractivity contribution < 1.29 is 14.6 Å². The van der Waals surface area contributed by atoms with E-state index in [0.717, 1.165) is 0 Å². The first-order chi connectivity index (χ1) is 8.86. The van der Waals surface area contributed by atoms with Gasteiger partial charge in [-0.2, -0.15) is 0 Å². The average molecular weight is 282 g/mol. The van der Waals surface area contributed by atoms with E-state index in [9.17, 15) is 9.90 Å². The molecule has 0 fully saturated rings. The lowest BCUT2D eigenvalue weighted by molar-refractivity contribution is 0.0735. The number of carbonyl (C=O) groups is 1. The van der Waals surface area contributed by atoms with Gasteiger partial charge in [0, 0.05) is 11.6 Å². The van der Waals surface area contributed by atoms with E-state index < -0.39 is 0 Å². The summed E-state index contributed by atoms with van der Waals surface area (Å²) < 4.78 is 4.94. The minimum absolute atomic E-state index is 0.0433. The molecule has 1 aromatic rings. The molecule has 0 atom stereocenters. The zero-order chi connectivity index (χ0) is 14.6. The first-order valence-electron chi connectivity index (χ1n) is 5.83. The number of ether oxygens (including phenoxy) is 1. The number of phenolic OH excluding ortho intramolecular Hbond substituents is 1. The summed E-state index contributed by atoms with van der Waals surface area (Å²) >= 11 is 4.84. The second kappa shape index (κ2) is 6.38. The first kappa shape index (κ1) is 15.2. The number of hydrogen-bond donors (Lipinski definition) is 2. The van der Waals surface area contributed by atoms with E-state index >= 15 is 0 Å². The second-order valence-corrected chi connectivity index (χ2v) is 4.90. The molecular weight excluding hydrogens is 264 g/mol. The first-order valence-corrected chi connectivity index (χ1v) is 6.24. The van der Waals surface area contributed by atoms with Gasteiger partial charge in [-0.1, -0.05) is 12.2 Å². The summed E-state index contributed by atoms with van der Waals surface area (Å²) in [6.07, 6.45) is 0. The van der Waals surface area contributed by atoms with Crippen molar-refractivity contribution in [1.29, 1.82) is 0 Å². The molecule has 0 radical (unpaired) electrons. The van der Waals surface area contributed by atoms with E-state index in [1.165, 1.54) is 13.2 Å². The zero-order valence-electron chi connectivity index (χ0n) is 11.2. The monoisotopic (exact) mass is 282 g/mol. The fourth-order valence-electron chi connectivity index (χ4n) is 1.65. The summed E-state index contributed by atoms with van der Waals surface area (Å²) in [5.41, 5.74) is 5.85.